The van der Waals surface area contributed by atoms with Gasteiger partial charge in [-0.2, -0.15) is 0 Å². The van der Waals surface area contributed by atoms with E-state index in [9.17, 15) is 25.2 Å². The number of carbonyl (C=O) groups is 1. The fourth-order valence-corrected chi connectivity index (χ4v) is 13.2. The summed E-state index contributed by atoms with van der Waals surface area (Å²) in [6.45, 7) is 14.0. The molecule has 0 radical (unpaired) electrons. The van der Waals surface area contributed by atoms with Gasteiger partial charge in [-0.3, -0.25) is 4.79 Å². The third-order valence-electron chi connectivity index (χ3n) is 16.6. The van der Waals surface area contributed by atoms with Crippen molar-refractivity contribution in [2.24, 2.45) is 52.3 Å². The van der Waals surface area contributed by atoms with Gasteiger partial charge in [0.25, 0.3) is 0 Å². The summed E-state index contributed by atoms with van der Waals surface area (Å²) in [4.78, 5) is 13.6. The minimum atomic E-state index is -1.83. The number of carbonyl (C=O) groups excluding carboxylic acids is 1. The standard InChI is InChI=1S/C49H86O7/c1-7-8-9-10-11-12-13-14-15-16-17-18-19-23-43(51)56-49(46(54)45(53)44(52)42(33-50)55-49)37-28-30-47(5)36(32-37)24-25-38-40-27-26-39(35(4)22-20-21-34(2)3)48(40,6)31-29-41(38)47/h24,34-35,37-42,44-46,50,52-54H,7-23,25-33H2,1-6H3/t35-,37?,38?,39-,40?,41?,42-,44+,45+,46-,47+,48-,49?/m1/s1. The van der Waals surface area contributed by atoms with Crippen LogP contribution in [0.2, 0.25) is 0 Å². The second kappa shape index (κ2) is 21.0. The van der Waals surface area contributed by atoms with E-state index >= 15 is 0 Å². The van der Waals surface area contributed by atoms with Crippen LogP contribution in [0.1, 0.15) is 202 Å². The van der Waals surface area contributed by atoms with Crippen molar-refractivity contribution in [2.75, 3.05) is 6.61 Å². The van der Waals surface area contributed by atoms with Crippen molar-refractivity contribution in [2.45, 2.75) is 232 Å². The SMILES string of the molecule is CCCCCCCCCCCCCCCC(=O)OC1(C2CC[C@@]3(C)C(=CCC4C3CC[C@@]3(C)C4CC[C@@H]3[C@H](C)CCCC(C)C)C2)O[C@H](CO)[C@H](O)[C@H](O)[C@H]1O. The minimum absolute atomic E-state index is 0.0374. The molecule has 324 valence electrons. The van der Waals surface area contributed by atoms with Crippen molar-refractivity contribution >= 4 is 5.97 Å². The highest BCUT2D eigenvalue weighted by molar-refractivity contribution is 5.70. The molecule has 3 saturated carbocycles. The zero-order valence-electron chi connectivity index (χ0n) is 36.8. The van der Waals surface area contributed by atoms with Crippen LogP contribution < -0.4 is 0 Å². The summed E-state index contributed by atoms with van der Waals surface area (Å²) < 4.78 is 12.6. The van der Waals surface area contributed by atoms with E-state index in [1.54, 1.807) is 0 Å². The first-order chi connectivity index (χ1) is 26.8. The van der Waals surface area contributed by atoms with Gasteiger partial charge in [0.2, 0.25) is 5.79 Å². The lowest BCUT2D eigenvalue weighted by Crippen LogP contribution is -2.69. The Bertz CT molecular complexity index is 1230. The molecule has 0 amide bonds. The van der Waals surface area contributed by atoms with Crippen molar-refractivity contribution in [3.63, 3.8) is 0 Å². The van der Waals surface area contributed by atoms with E-state index in [0.29, 0.717) is 36.5 Å². The van der Waals surface area contributed by atoms with Crippen molar-refractivity contribution < 1.29 is 34.7 Å². The highest BCUT2D eigenvalue weighted by atomic mass is 16.7. The highest BCUT2D eigenvalue weighted by Gasteiger charge is 2.64. The minimum Gasteiger partial charge on any atom is -0.430 e. The molecule has 0 aromatic carbocycles. The van der Waals surface area contributed by atoms with Gasteiger partial charge in [0.1, 0.15) is 24.4 Å². The summed E-state index contributed by atoms with van der Waals surface area (Å²) in [6, 6.07) is 0. The van der Waals surface area contributed by atoms with E-state index in [0.717, 1.165) is 49.4 Å². The second-order valence-electron chi connectivity index (χ2n) is 20.7. The molecule has 4 fully saturated rings. The van der Waals surface area contributed by atoms with E-state index in [4.69, 9.17) is 9.47 Å². The maximum Gasteiger partial charge on any atom is 0.308 e. The number of allylic oxidation sites excluding steroid dienone is 2. The Balaban J connectivity index is 1.19. The number of aliphatic hydroxyl groups is 4. The third kappa shape index (κ3) is 10.3. The molecular formula is C49H86O7. The van der Waals surface area contributed by atoms with E-state index in [1.807, 2.05) is 0 Å². The quantitative estimate of drug-likeness (QED) is 0.0490. The van der Waals surface area contributed by atoms with Crippen molar-refractivity contribution in [3.8, 4) is 0 Å². The molecule has 4 aliphatic carbocycles. The largest absolute Gasteiger partial charge is 0.430 e. The van der Waals surface area contributed by atoms with Gasteiger partial charge >= 0.3 is 5.97 Å². The van der Waals surface area contributed by atoms with Crippen LogP contribution in [-0.4, -0.2) is 63.2 Å². The van der Waals surface area contributed by atoms with Gasteiger partial charge in [0.15, 0.2) is 0 Å². The van der Waals surface area contributed by atoms with E-state index in [1.165, 1.54) is 115 Å². The third-order valence-corrected chi connectivity index (χ3v) is 16.6. The van der Waals surface area contributed by atoms with Gasteiger partial charge in [0, 0.05) is 12.3 Å². The molecule has 5 unspecified atom stereocenters. The molecular weight excluding hydrogens is 701 g/mol. The molecule has 13 atom stereocenters. The molecule has 0 aromatic heterocycles. The lowest BCUT2D eigenvalue weighted by Gasteiger charge is -2.60. The van der Waals surface area contributed by atoms with Gasteiger partial charge in [-0.15, -0.1) is 0 Å². The zero-order valence-corrected chi connectivity index (χ0v) is 36.8. The van der Waals surface area contributed by atoms with Crippen LogP contribution in [0.25, 0.3) is 0 Å². The zero-order chi connectivity index (χ0) is 40.5. The number of hydrogen-bond acceptors (Lipinski definition) is 7. The molecule has 5 aliphatic rings. The first-order valence-electron chi connectivity index (χ1n) is 24.1. The fraction of sp³-hybridized carbons (Fsp3) is 0.939. The Morgan fingerprint density at radius 2 is 1.45 bits per heavy atom. The number of hydrogen-bond donors (Lipinski definition) is 4. The van der Waals surface area contributed by atoms with Crippen LogP contribution in [0.15, 0.2) is 11.6 Å². The Labute approximate surface area is 342 Å². The van der Waals surface area contributed by atoms with Crippen LogP contribution in [-0.2, 0) is 14.3 Å². The molecule has 1 saturated heterocycles. The topological polar surface area (TPSA) is 116 Å². The molecule has 56 heavy (non-hydrogen) atoms. The normalized spacial score (nSPS) is 38.8. The van der Waals surface area contributed by atoms with Gasteiger partial charge in [-0.25, -0.2) is 0 Å². The number of unbranched alkanes of at least 4 members (excludes halogenated alkanes) is 12. The first-order valence-corrected chi connectivity index (χ1v) is 24.1. The summed E-state index contributed by atoms with van der Waals surface area (Å²) in [5, 5.41) is 43.7. The van der Waals surface area contributed by atoms with Crippen LogP contribution in [0, 0.1) is 52.3 Å². The number of ether oxygens (including phenoxy) is 2. The molecule has 5 rings (SSSR count). The Morgan fingerprint density at radius 3 is 2.07 bits per heavy atom. The monoisotopic (exact) mass is 787 g/mol. The van der Waals surface area contributed by atoms with E-state index in [-0.39, 0.29) is 11.8 Å². The van der Waals surface area contributed by atoms with Gasteiger partial charge in [0.05, 0.1) is 6.61 Å². The smallest absolute Gasteiger partial charge is 0.308 e. The van der Waals surface area contributed by atoms with E-state index < -0.39 is 48.7 Å². The number of aliphatic hydroxyl groups excluding tert-OH is 4. The maximum absolute atomic E-state index is 13.6. The van der Waals surface area contributed by atoms with Crippen LogP contribution in [0.3, 0.4) is 0 Å². The molecule has 7 nitrogen and oxygen atoms in total. The predicted molar refractivity (Wildman–Crippen MR) is 226 cm³/mol. The first kappa shape index (κ1) is 46.1. The van der Waals surface area contributed by atoms with Gasteiger partial charge < -0.3 is 29.9 Å². The lowest BCUT2D eigenvalue weighted by molar-refractivity contribution is -0.372. The predicted octanol–water partition coefficient (Wildman–Crippen LogP) is 10.8. The summed E-state index contributed by atoms with van der Waals surface area (Å²) in [7, 11) is 0. The fourth-order valence-electron chi connectivity index (χ4n) is 13.2. The maximum atomic E-state index is 13.6. The van der Waals surface area contributed by atoms with Crippen LogP contribution in [0.5, 0.6) is 0 Å². The number of fused-ring (bicyclic) bond motifs is 5. The second-order valence-corrected chi connectivity index (χ2v) is 20.7. The molecule has 1 heterocycles. The highest BCUT2D eigenvalue weighted by Crippen LogP contribution is 2.68. The molecule has 0 spiro atoms. The van der Waals surface area contributed by atoms with Gasteiger partial charge in [-0.05, 0) is 104 Å². The average molecular weight is 787 g/mol. The van der Waals surface area contributed by atoms with Crippen molar-refractivity contribution in [1.29, 1.82) is 0 Å². The Morgan fingerprint density at radius 1 is 0.804 bits per heavy atom. The summed E-state index contributed by atoms with van der Waals surface area (Å²) in [5.41, 5.74) is 1.83. The van der Waals surface area contributed by atoms with Crippen molar-refractivity contribution in [3.05, 3.63) is 11.6 Å². The molecule has 0 aromatic rings. The molecule has 0 bridgehead atoms. The summed E-state index contributed by atoms with van der Waals surface area (Å²) in [5.74, 6) is 1.77. The number of rotatable bonds is 22. The van der Waals surface area contributed by atoms with Gasteiger partial charge in [-0.1, -0.05) is 150 Å². The number of esters is 1. The summed E-state index contributed by atoms with van der Waals surface area (Å²) >= 11 is 0. The molecule has 1 aliphatic heterocycles. The molecule has 7 heteroatoms. The average Bonchev–Trinajstić information content (AvgIpc) is 3.53. The Kier molecular flexibility index (Phi) is 17.3. The van der Waals surface area contributed by atoms with E-state index in [2.05, 4.69) is 47.6 Å². The Hall–Kier alpha value is -0.990. The summed E-state index contributed by atoms with van der Waals surface area (Å²) in [6.07, 6.45) is 25.2. The van der Waals surface area contributed by atoms with Crippen LogP contribution >= 0.6 is 0 Å². The molecule has 4 N–H and O–H groups in total. The van der Waals surface area contributed by atoms with Crippen molar-refractivity contribution in [1.82, 2.24) is 0 Å². The van der Waals surface area contributed by atoms with Crippen LogP contribution in [0.4, 0.5) is 0 Å². The lowest BCUT2D eigenvalue weighted by atomic mass is 9.46.